The van der Waals surface area contributed by atoms with E-state index in [4.69, 9.17) is 22.3 Å². The molecule has 0 aliphatic rings. The van der Waals surface area contributed by atoms with Gasteiger partial charge in [-0.25, -0.2) is 0 Å². The van der Waals surface area contributed by atoms with Crippen LogP contribution < -0.4 is 17.2 Å². The summed E-state index contributed by atoms with van der Waals surface area (Å²) in [5.74, 6) is -0.987. The SMILES string of the molecule is F.NC(N)=NCCCC(N)C(=O)O. The van der Waals surface area contributed by atoms with Gasteiger partial charge >= 0.3 is 5.97 Å². The number of carboxylic acids is 1. The molecule has 7 heteroatoms. The van der Waals surface area contributed by atoms with Crippen LogP contribution in [-0.4, -0.2) is 29.6 Å². The number of guanidine groups is 1. The number of aliphatic carboxylic acids is 1. The van der Waals surface area contributed by atoms with E-state index in [1.54, 1.807) is 0 Å². The minimum atomic E-state index is -1.00. The van der Waals surface area contributed by atoms with Crippen LogP contribution in [0.4, 0.5) is 4.70 Å². The molecule has 0 spiro atoms. The van der Waals surface area contributed by atoms with Gasteiger partial charge in [0.1, 0.15) is 6.04 Å². The third kappa shape index (κ3) is 8.54. The predicted molar refractivity (Wildman–Crippen MR) is 48.0 cm³/mol. The molecule has 0 amide bonds. The van der Waals surface area contributed by atoms with Gasteiger partial charge in [0.05, 0.1) is 0 Å². The first-order valence-corrected chi connectivity index (χ1v) is 3.58. The van der Waals surface area contributed by atoms with Crippen molar-refractivity contribution in [3.05, 3.63) is 0 Å². The molecule has 1 atom stereocenters. The zero-order valence-corrected chi connectivity index (χ0v) is 7.14. The zero-order valence-electron chi connectivity index (χ0n) is 7.14. The van der Waals surface area contributed by atoms with E-state index in [1.807, 2.05) is 0 Å². The lowest BCUT2D eigenvalue weighted by molar-refractivity contribution is -0.138. The Morgan fingerprint density at radius 1 is 1.46 bits per heavy atom. The maximum atomic E-state index is 10.2. The van der Waals surface area contributed by atoms with Crippen molar-refractivity contribution < 1.29 is 14.6 Å². The smallest absolute Gasteiger partial charge is 0.320 e. The first-order chi connectivity index (χ1) is 5.54. The van der Waals surface area contributed by atoms with Gasteiger partial charge in [0, 0.05) is 6.54 Å². The van der Waals surface area contributed by atoms with Gasteiger partial charge in [-0.3, -0.25) is 14.5 Å². The summed E-state index contributed by atoms with van der Waals surface area (Å²) >= 11 is 0. The summed E-state index contributed by atoms with van der Waals surface area (Å²) in [5.41, 5.74) is 15.3. The minimum Gasteiger partial charge on any atom is -0.480 e. The first kappa shape index (κ1) is 14.2. The highest BCUT2D eigenvalue weighted by Gasteiger charge is 2.09. The minimum absolute atomic E-state index is 0. The summed E-state index contributed by atoms with van der Waals surface area (Å²) in [4.78, 5) is 13.9. The fourth-order valence-corrected chi connectivity index (χ4v) is 0.643. The summed E-state index contributed by atoms with van der Waals surface area (Å²) < 4.78 is 0. The molecule has 6 nitrogen and oxygen atoms in total. The van der Waals surface area contributed by atoms with Gasteiger partial charge in [-0.15, -0.1) is 0 Å². The molecular weight excluding hydrogens is 179 g/mol. The molecule has 0 saturated heterocycles. The van der Waals surface area contributed by atoms with E-state index < -0.39 is 12.0 Å². The van der Waals surface area contributed by atoms with Gasteiger partial charge in [-0.1, -0.05) is 0 Å². The topological polar surface area (TPSA) is 128 Å². The van der Waals surface area contributed by atoms with Crippen molar-refractivity contribution in [2.45, 2.75) is 18.9 Å². The van der Waals surface area contributed by atoms with Gasteiger partial charge in [-0.05, 0) is 12.8 Å². The van der Waals surface area contributed by atoms with Gasteiger partial charge in [0.15, 0.2) is 5.96 Å². The van der Waals surface area contributed by atoms with Crippen LogP contribution in [0.3, 0.4) is 0 Å². The molecule has 0 aliphatic carbocycles. The van der Waals surface area contributed by atoms with E-state index in [-0.39, 0.29) is 10.7 Å². The Labute approximate surface area is 75.2 Å². The highest BCUT2D eigenvalue weighted by molar-refractivity contribution is 5.75. The van der Waals surface area contributed by atoms with Crippen LogP contribution in [0, 0.1) is 0 Å². The summed E-state index contributed by atoms with van der Waals surface area (Å²) in [6.07, 6.45) is 0.956. The molecule has 0 aromatic rings. The Kier molecular flexibility index (Phi) is 7.94. The molecule has 0 rings (SSSR count). The predicted octanol–water partition coefficient (Wildman–Crippen LogP) is -1.40. The van der Waals surface area contributed by atoms with E-state index in [2.05, 4.69) is 4.99 Å². The average molecular weight is 194 g/mol. The van der Waals surface area contributed by atoms with E-state index in [9.17, 15) is 4.79 Å². The molecule has 0 radical (unpaired) electrons. The van der Waals surface area contributed by atoms with E-state index >= 15 is 0 Å². The van der Waals surface area contributed by atoms with Crippen LogP contribution in [-0.2, 0) is 4.79 Å². The molecule has 13 heavy (non-hydrogen) atoms. The van der Waals surface area contributed by atoms with Gasteiger partial charge in [0.2, 0.25) is 0 Å². The monoisotopic (exact) mass is 194 g/mol. The Bertz CT molecular complexity index is 181. The van der Waals surface area contributed by atoms with Gasteiger partial charge in [0.25, 0.3) is 0 Å². The summed E-state index contributed by atoms with van der Waals surface area (Å²) in [6, 6.07) is -0.820. The normalized spacial score (nSPS) is 11.2. The molecule has 0 aliphatic heterocycles. The number of nitrogens with two attached hydrogens (primary N) is 3. The fraction of sp³-hybridized carbons (Fsp3) is 0.667. The Hall–Kier alpha value is -1.37. The standard InChI is InChI=1S/C6H14N4O2.FH/c7-4(5(11)12)2-1-3-10-6(8)9;/h4H,1-3,7H2,(H,11,12)(H4,8,9,10);1H. The number of carboxylic acid groups (broad SMARTS) is 1. The van der Waals surface area contributed by atoms with E-state index in [0.29, 0.717) is 19.4 Å². The first-order valence-electron chi connectivity index (χ1n) is 3.58. The highest BCUT2D eigenvalue weighted by atomic mass is 19.0. The summed E-state index contributed by atoms with van der Waals surface area (Å²) in [7, 11) is 0. The fourth-order valence-electron chi connectivity index (χ4n) is 0.643. The number of hydrogen-bond donors (Lipinski definition) is 4. The highest BCUT2D eigenvalue weighted by Crippen LogP contribution is 1.94. The Balaban J connectivity index is 0. The molecule has 0 fully saturated rings. The van der Waals surface area contributed by atoms with Crippen LogP contribution >= 0.6 is 0 Å². The number of carbonyl (C=O) groups is 1. The molecule has 0 aromatic heterocycles. The van der Waals surface area contributed by atoms with Gasteiger partial charge in [-0.2, -0.15) is 0 Å². The number of nitrogens with zero attached hydrogens (tertiary/aromatic N) is 1. The Morgan fingerprint density at radius 2 is 2.00 bits per heavy atom. The van der Waals surface area contributed by atoms with Crippen molar-refractivity contribution in [2.24, 2.45) is 22.2 Å². The molecule has 78 valence electrons. The lowest BCUT2D eigenvalue weighted by Gasteiger charge is -2.03. The van der Waals surface area contributed by atoms with Crippen molar-refractivity contribution in [1.29, 1.82) is 0 Å². The molecule has 1 unspecified atom stereocenters. The van der Waals surface area contributed by atoms with E-state index in [1.165, 1.54) is 0 Å². The number of aliphatic imine (C=N–C) groups is 1. The zero-order chi connectivity index (χ0) is 9.56. The van der Waals surface area contributed by atoms with Crippen molar-refractivity contribution in [3.8, 4) is 0 Å². The lowest BCUT2D eigenvalue weighted by atomic mass is 10.2. The second-order valence-corrected chi connectivity index (χ2v) is 2.39. The van der Waals surface area contributed by atoms with Crippen LogP contribution in [0.1, 0.15) is 12.8 Å². The average Bonchev–Trinajstić information content (AvgIpc) is 1.97. The Morgan fingerprint density at radius 3 is 2.38 bits per heavy atom. The van der Waals surface area contributed by atoms with E-state index in [0.717, 1.165) is 0 Å². The summed E-state index contributed by atoms with van der Waals surface area (Å²) in [5, 5.41) is 8.38. The van der Waals surface area contributed by atoms with Gasteiger partial charge < -0.3 is 22.3 Å². The summed E-state index contributed by atoms with van der Waals surface area (Å²) in [6.45, 7) is 0.420. The lowest BCUT2D eigenvalue weighted by Crippen LogP contribution is -2.30. The third-order valence-corrected chi connectivity index (χ3v) is 1.28. The second-order valence-electron chi connectivity index (χ2n) is 2.39. The van der Waals surface area contributed by atoms with Crippen LogP contribution in [0.5, 0.6) is 0 Å². The van der Waals surface area contributed by atoms with Crippen molar-refractivity contribution in [3.63, 3.8) is 0 Å². The van der Waals surface area contributed by atoms with Crippen LogP contribution in [0.25, 0.3) is 0 Å². The third-order valence-electron chi connectivity index (χ3n) is 1.28. The molecule has 7 N–H and O–H groups in total. The molecule has 0 aromatic carbocycles. The largest absolute Gasteiger partial charge is 0.480 e. The molecule has 0 heterocycles. The molecule has 0 bridgehead atoms. The molecular formula is C6H15FN4O2. The van der Waals surface area contributed by atoms with Crippen molar-refractivity contribution in [1.82, 2.24) is 0 Å². The van der Waals surface area contributed by atoms with Crippen molar-refractivity contribution >= 4 is 11.9 Å². The molecule has 0 saturated carbocycles. The number of hydrogen-bond acceptors (Lipinski definition) is 3. The quantitative estimate of drug-likeness (QED) is 0.243. The maximum absolute atomic E-state index is 10.2. The number of rotatable bonds is 5. The maximum Gasteiger partial charge on any atom is 0.320 e. The second kappa shape index (κ2) is 7.29. The van der Waals surface area contributed by atoms with Crippen molar-refractivity contribution in [2.75, 3.05) is 6.54 Å². The van der Waals surface area contributed by atoms with Crippen LogP contribution in [0.2, 0.25) is 0 Å². The van der Waals surface area contributed by atoms with Crippen LogP contribution in [0.15, 0.2) is 4.99 Å². The number of halogens is 1.